The number of rotatable bonds is 7. The van der Waals surface area contributed by atoms with Crippen LogP contribution in [0.5, 0.6) is 17.2 Å². The number of halogens is 1. The van der Waals surface area contributed by atoms with Gasteiger partial charge >= 0.3 is 6.03 Å². The average molecular weight is 538 g/mol. The van der Waals surface area contributed by atoms with E-state index in [1.807, 2.05) is 18.2 Å². The number of imide groups is 2. The summed E-state index contributed by atoms with van der Waals surface area (Å²) in [6.45, 7) is 0.218. The number of barbiturate groups is 1. The molecule has 0 unspecified atom stereocenters. The van der Waals surface area contributed by atoms with Crippen molar-refractivity contribution in [1.29, 1.82) is 0 Å². The topological polar surface area (TPSA) is 107 Å². The van der Waals surface area contributed by atoms with Gasteiger partial charge in [0.25, 0.3) is 11.8 Å². The van der Waals surface area contributed by atoms with Crippen molar-refractivity contribution in [2.24, 2.45) is 0 Å². The van der Waals surface area contributed by atoms with Crippen LogP contribution in [-0.2, 0) is 16.2 Å². The van der Waals surface area contributed by atoms with E-state index in [1.165, 1.54) is 20.3 Å². The molecule has 1 fully saturated rings. The maximum atomic E-state index is 13.1. The van der Waals surface area contributed by atoms with Crippen molar-refractivity contribution in [3.05, 3.63) is 82.1 Å². The van der Waals surface area contributed by atoms with Gasteiger partial charge in [0.1, 0.15) is 17.9 Å². The van der Waals surface area contributed by atoms with Crippen LogP contribution in [0.15, 0.2) is 70.8 Å². The molecule has 1 saturated heterocycles. The molecule has 3 aromatic rings. The quantitative estimate of drug-likeness (QED) is 0.357. The van der Waals surface area contributed by atoms with Crippen LogP contribution in [0.3, 0.4) is 0 Å². The molecule has 10 heteroatoms. The lowest BCUT2D eigenvalue weighted by Gasteiger charge is -2.26. The number of hydrogen-bond donors (Lipinski definition) is 1. The van der Waals surface area contributed by atoms with Gasteiger partial charge in [0.05, 0.1) is 30.1 Å². The van der Waals surface area contributed by atoms with E-state index in [1.54, 1.807) is 42.6 Å². The summed E-state index contributed by atoms with van der Waals surface area (Å²) in [5.41, 5.74) is 1.31. The zero-order valence-corrected chi connectivity index (χ0v) is 20.4. The lowest BCUT2D eigenvalue weighted by atomic mass is 10.1. The Balaban J connectivity index is 1.63. The summed E-state index contributed by atoms with van der Waals surface area (Å²) >= 11 is 3.46. The molecule has 9 nitrogen and oxygen atoms in total. The van der Waals surface area contributed by atoms with E-state index in [4.69, 9.17) is 14.2 Å². The van der Waals surface area contributed by atoms with Crippen molar-refractivity contribution in [1.82, 2.24) is 10.3 Å². The largest absolute Gasteiger partial charge is 0.497 e. The second kappa shape index (κ2) is 10.4. The maximum absolute atomic E-state index is 13.1. The first-order chi connectivity index (χ1) is 16.9. The number of ether oxygens (including phenoxy) is 3. The SMILES string of the molecule is COc1ccc(N2C(=O)NC(=O)/C(=C\c3cc(Br)c(OCc4ccccn4)c(OC)c3)C2=O)cc1. The molecular weight excluding hydrogens is 518 g/mol. The summed E-state index contributed by atoms with van der Waals surface area (Å²) in [5, 5.41) is 2.20. The van der Waals surface area contributed by atoms with Gasteiger partial charge in [0.15, 0.2) is 11.5 Å². The Labute approximate surface area is 209 Å². The molecule has 0 bridgehead atoms. The Morgan fingerprint density at radius 2 is 1.80 bits per heavy atom. The van der Waals surface area contributed by atoms with E-state index < -0.39 is 17.8 Å². The van der Waals surface area contributed by atoms with Gasteiger partial charge in [-0.1, -0.05) is 6.07 Å². The number of nitrogens with one attached hydrogen (secondary N) is 1. The molecule has 1 N–H and O–H groups in total. The van der Waals surface area contributed by atoms with E-state index >= 15 is 0 Å². The Morgan fingerprint density at radius 3 is 2.46 bits per heavy atom. The number of aromatic nitrogens is 1. The highest BCUT2D eigenvalue weighted by Crippen LogP contribution is 2.38. The minimum absolute atomic E-state index is 0.212. The van der Waals surface area contributed by atoms with Crippen molar-refractivity contribution in [2.75, 3.05) is 19.1 Å². The first-order valence-electron chi connectivity index (χ1n) is 10.4. The van der Waals surface area contributed by atoms with Crippen LogP contribution < -0.4 is 24.4 Å². The van der Waals surface area contributed by atoms with E-state index in [0.717, 1.165) is 10.6 Å². The molecule has 1 aliphatic heterocycles. The van der Waals surface area contributed by atoms with Crippen LogP contribution in [0.4, 0.5) is 10.5 Å². The summed E-state index contributed by atoms with van der Waals surface area (Å²) in [5.74, 6) is -0.166. The Hall–Kier alpha value is -4.18. The predicted octanol–water partition coefficient (Wildman–Crippen LogP) is 4.11. The minimum atomic E-state index is -0.834. The third-order valence-corrected chi connectivity index (χ3v) is 5.67. The van der Waals surface area contributed by atoms with Crippen molar-refractivity contribution in [3.63, 3.8) is 0 Å². The highest BCUT2D eigenvalue weighted by molar-refractivity contribution is 9.10. The van der Waals surface area contributed by atoms with Crippen LogP contribution in [0, 0.1) is 0 Å². The van der Waals surface area contributed by atoms with Crippen LogP contribution in [0.25, 0.3) is 6.08 Å². The second-order valence-corrected chi connectivity index (χ2v) is 8.15. The maximum Gasteiger partial charge on any atom is 0.335 e. The number of carbonyl (C=O) groups is 3. The monoisotopic (exact) mass is 537 g/mol. The van der Waals surface area contributed by atoms with Crippen LogP contribution >= 0.6 is 15.9 Å². The Bertz CT molecular complexity index is 1310. The predicted molar refractivity (Wildman–Crippen MR) is 131 cm³/mol. The number of amides is 4. The summed E-state index contributed by atoms with van der Waals surface area (Å²) in [6.07, 6.45) is 3.06. The van der Waals surface area contributed by atoms with Crippen molar-refractivity contribution in [3.8, 4) is 17.2 Å². The van der Waals surface area contributed by atoms with E-state index in [9.17, 15) is 14.4 Å². The fraction of sp³-hybridized carbons (Fsp3) is 0.120. The second-order valence-electron chi connectivity index (χ2n) is 7.30. The molecule has 4 amide bonds. The van der Waals surface area contributed by atoms with E-state index in [2.05, 4.69) is 26.2 Å². The number of benzene rings is 2. The molecule has 2 heterocycles. The number of anilines is 1. The lowest BCUT2D eigenvalue weighted by Crippen LogP contribution is -2.54. The number of urea groups is 1. The molecule has 4 rings (SSSR count). The summed E-state index contributed by atoms with van der Waals surface area (Å²) in [7, 11) is 2.99. The number of pyridine rings is 1. The highest BCUT2D eigenvalue weighted by Gasteiger charge is 2.36. The van der Waals surface area contributed by atoms with Gasteiger partial charge in [-0.3, -0.25) is 19.9 Å². The first-order valence-corrected chi connectivity index (χ1v) is 11.2. The molecular formula is C25H20BrN3O6. The van der Waals surface area contributed by atoms with Gasteiger partial charge in [0, 0.05) is 6.20 Å². The number of nitrogens with zero attached hydrogens (tertiary/aromatic N) is 2. The molecule has 178 valence electrons. The minimum Gasteiger partial charge on any atom is -0.497 e. The van der Waals surface area contributed by atoms with Crippen molar-refractivity contribution < 1.29 is 28.6 Å². The zero-order valence-electron chi connectivity index (χ0n) is 18.8. The van der Waals surface area contributed by atoms with Gasteiger partial charge in [-0.15, -0.1) is 0 Å². The highest BCUT2D eigenvalue weighted by atomic mass is 79.9. The first kappa shape index (κ1) is 24.0. The van der Waals surface area contributed by atoms with Gasteiger partial charge in [0.2, 0.25) is 0 Å². The molecule has 0 saturated carbocycles. The lowest BCUT2D eigenvalue weighted by molar-refractivity contribution is -0.122. The summed E-state index contributed by atoms with van der Waals surface area (Å²) < 4.78 is 17.0. The number of carbonyl (C=O) groups excluding carboxylic acids is 3. The molecule has 0 aliphatic carbocycles. The normalized spacial score (nSPS) is 14.7. The van der Waals surface area contributed by atoms with Gasteiger partial charge < -0.3 is 14.2 Å². The molecule has 0 spiro atoms. The number of methoxy groups -OCH3 is 2. The number of hydrogen-bond acceptors (Lipinski definition) is 7. The zero-order chi connectivity index (χ0) is 24.9. The van der Waals surface area contributed by atoms with Gasteiger partial charge in [-0.25, -0.2) is 9.69 Å². The van der Waals surface area contributed by atoms with Crippen LogP contribution in [0.2, 0.25) is 0 Å². The standard InChI is InChI=1S/C25H20BrN3O6/c1-33-18-8-6-17(7-9-18)29-24(31)19(23(30)28-25(29)32)11-15-12-20(26)22(21(13-15)34-2)35-14-16-5-3-4-10-27-16/h3-13H,14H2,1-2H3,(H,28,30,32)/b19-11+. The summed E-state index contributed by atoms with van der Waals surface area (Å²) in [6, 6.07) is 14.3. The molecule has 2 aromatic carbocycles. The third-order valence-electron chi connectivity index (χ3n) is 5.09. The van der Waals surface area contributed by atoms with E-state index in [-0.39, 0.29) is 12.2 Å². The van der Waals surface area contributed by atoms with Gasteiger partial charge in [-0.2, -0.15) is 0 Å². The van der Waals surface area contributed by atoms with Crippen LogP contribution in [0.1, 0.15) is 11.3 Å². The van der Waals surface area contributed by atoms with Crippen molar-refractivity contribution >= 4 is 45.5 Å². The van der Waals surface area contributed by atoms with Crippen LogP contribution in [-0.4, -0.2) is 37.0 Å². The molecule has 0 radical (unpaired) electrons. The van der Waals surface area contributed by atoms with E-state index in [0.29, 0.717) is 33.0 Å². The Kier molecular flexibility index (Phi) is 7.11. The fourth-order valence-electron chi connectivity index (χ4n) is 3.38. The van der Waals surface area contributed by atoms with Gasteiger partial charge in [-0.05, 0) is 76.1 Å². The Morgan fingerprint density at radius 1 is 1.03 bits per heavy atom. The third kappa shape index (κ3) is 5.17. The average Bonchev–Trinajstić information content (AvgIpc) is 2.86. The van der Waals surface area contributed by atoms with Crippen molar-refractivity contribution in [2.45, 2.75) is 6.61 Å². The molecule has 0 atom stereocenters. The molecule has 1 aliphatic rings. The smallest absolute Gasteiger partial charge is 0.335 e. The summed E-state index contributed by atoms with van der Waals surface area (Å²) in [4.78, 5) is 43.2. The molecule has 1 aromatic heterocycles. The fourth-order valence-corrected chi connectivity index (χ4v) is 3.96. The molecule has 35 heavy (non-hydrogen) atoms.